The fraction of sp³-hybridized carbons (Fsp3) is 0.619. The van der Waals surface area contributed by atoms with Crippen LogP contribution in [0.5, 0.6) is 0 Å². The first kappa shape index (κ1) is 21.9. The highest BCUT2D eigenvalue weighted by Gasteiger charge is 2.38. The van der Waals surface area contributed by atoms with Crippen molar-refractivity contribution in [3.05, 3.63) is 29.0 Å². The molecular formula is C21H30N6O3S. The molecule has 4 rings (SSSR count). The molecule has 2 aromatic rings. The molecule has 9 nitrogen and oxygen atoms in total. The summed E-state index contributed by atoms with van der Waals surface area (Å²) < 4.78 is 30.5. The summed E-state index contributed by atoms with van der Waals surface area (Å²) >= 11 is 0. The highest BCUT2D eigenvalue weighted by atomic mass is 32.2. The molecule has 31 heavy (non-hydrogen) atoms. The lowest BCUT2D eigenvalue weighted by Gasteiger charge is -2.34. The van der Waals surface area contributed by atoms with Crippen LogP contribution in [-0.2, 0) is 27.8 Å². The second-order valence-electron chi connectivity index (χ2n) is 8.39. The van der Waals surface area contributed by atoms with Crippen LogP contribution in [0.15, 0.2) is 11.1 Å². The fourth-order valence-corrected chi connectivity index (χ4v) is 6.34. The first-order chi connectivity index (χ1) is 14.7. The molecule has 0 aliphatic carbocycles. The predicted molar refractivity (Wildman–Crippen MR) is 116 cm³/mol. The molecule has 0 radical (unpaired) electrons. The summed E-state index contributed by atoms with van der Waals surface area (Å²) in [4.78, 5) is 23.4. The van der Waals surface area contributed by atoms with Gasteiger partial charge in [-0.3, -0.25) is 14.4 Å². The molecule has 0 spiro atoms. The Kier molecular flexibility index (Phi) is 5.87. The van der Waals surface area contributed by atoms with E-state index in [0.717, 1.165) is 30.5 Å². The summed E-state index contributed by atoms with van der Waals surface area (Å²) in [6.45, 7) is 6.77. The van der Waals surface area contributed by atoms with E-state index < -0.39 is 16.1 Å². The van der Waals surface area contributed by atoms with Crippen molar-refractivity contribution < 1.29 is 13.2 Å². The van der Waals surface area contributed by atoms with Gasteiger partial charge in [-0.15, -0.1) is 0 Å². The quantitative estimate of drug-likeness (QED) is 0.699. The van der Waals surface area contributed by atoms with E-state index in [2.05, 4.69) is 5.10 Å². The van der Waals surface area contributed by atoms with E-state index in [1.807, 2.05) is 13.8 Å². The van der Waals surface area contributed by atoms with Crippen molar-refractivity contribution in [1.29, 1.82) is 0 Å². The lowest BCUT2D eigenvalue weighted by atomic mass is 10.0. The Morgan fingerprint density at radius 1 is 1.13 bits per heavy atom. The minimum Gasteiger partial charge on any atom is -0.300 e. The van der Waals surface area contributed by atoms with Gasteiger partial charge in [0.1, 0.15) is 16.5 Å². The lowest BCUT2D eigenvalue weighted by Crippen LogP contribution is -2.40. The summed E-state index contributed by atoms with van der Waals surface area (Å²) in [7, 11) is -2.04. The highest BCUT2D eigenvalue weighted by Crippen LogP contribution is 2.37. The molecule has 0 N–H and O–H groups in total. The largest absolute Gasteiger partial charge is 0.300 e. The maximum absolute atomic E-state index is 13.7. The molecule has 0 bridgehead atoms. The van der Waals surface area contributed by atoms with E-state index in [9.17, 15) is 13.2 Å². The number of carbonyl (C=O) groups is 1. The van der Waals surface area contributed by atoms with E-state index in [-0.39, 0.29) is 10.8 Å². The third-order valence-electron chi connectivity index (χ3n) is 6.18. The van der Waals surface area contributed by atoms with Crippen molar-refractivity contribution in [3.63, 3.8) is 0 Å². The van der Waals surface area contributed by atoms with Gasteiger partial charge in [0.05, 0.1) is 11.7 Å². The molecule has 2 aliphatic heterocycles. The van der Waals surface area contributed by atoms with Crippen LogP contribution in [0, 0.1) is 13.8 Å². The van der Waals surface area contributed by atoms with Gasteiger partial charge >= 0.3 is 0 Å². The Bertz CT molecular complexity index is 1110. The molecule has 10 heteroatoms. The average Bonchev–Trinajstić information content (AvgIpc) is 3.12. The first-order valence-corrected chi connectivity index (χ1v) is 12.4. The van der Waals surface area contributed by atoms with E-state index in [4.69, 9.17) is 9.97 Å². The Labute approximate surface area is 183 Å². The van der Waals surface area contributed by atoms with Gasteiger partial charge in [-0.05, 0) is 39.5 Å². The van der Waals surface area contributed by atoms with Crippen LogP contribution >= 0.6 is 0 Å². The van der Waals surface area contributed by atoms with E-state index in [0.29, 0.717) is 49.7 Å². The van der Waals surface area contributed by atoms with E-state index in [1.54, 1.807) is 29.7 Å². The van der Waals surface area contributed by atoms with Crippen LogP contribution in [0.2, 0.25) is 0 Å². The number of piperidine rings is 1. The standard InChI is InChI=1S/C21H30N6O3S/c1-5-11-26-13-18(15(3)24-26)31(29,30)27-12-7-6-8-17(27)20-22-14(2)16-9-10-19(28)25(4)21(16)23-20/h13,17H,5-12H2,1-4H3. The van der Waals surface area contributed by atoms with Crippen molar-refractivity contribution in [2.75, 3.05) is 18.5 Å². The molecule has 1 saturated heterocycles. The molecule has 1 unspecified atom stereocenters. The van der Waals surface area contributed by atoms with Crippen LogP contribution in [-0.4, -0.2) is 52.0 Å². The number of anilines is 1. The number of amides is 1. The molecule has 1 fully saturated rings. The van der Waals surface area contributed by atoms with Crippen molar-refractivity contribution in [1.82, 2.24) is 24.1 Å². The van der Waals surface area contributed by atoms with Crippen molar-refractivity contribution in [2.24, 2.45) is 0 Å². The lowest BCUT2D eigenvalue weighted by molar-refractivity contribution is -0.118. The van der Waals surface area contributed by atoms with Crippen LogP contribution in [0.3, 0.4) is 0 Å². The van der Waals surface area contributed by atoms with Crippen LogP contribution < -0.4 is 4.90 Å². The topological polar surface area (TPSA) is 101 Å². The first-order valence-electron chi connectivity index (χ1n) is 10.9. The summed E-state index contributed by atoms with van der Waals surface area (Å²) in [5.41, 5.74) is 2.28. The number of hydrogen-bond acceptors (Lipinski definition) is 6. The zero-order chi connectivity index (χ0) is 22.3. The Morgan fingerprint density at radius 3 is 2.65 bits per heavy atom. The summed E-state index contributed by atoms with van der Waals surface area (Å²) in [6.07, 6.45) is 5.91. The second-order valence-corrected chi connectivity index (χ2v) is 10.3. The van der Waals surface area contributed by atoms with Crippen molar-refractivity contribution in [2.45, 2.75) is 76.8 Å². The highest BCUT2D eigenvalue weighted by molar-refractivity contribution is 7.89. The molecule has 2 aliphatic rings. The van der Waals surface area contributed by atoms with Gasteiger partial charge in [-0.25, -0.2) is 18.4 Å². The molecule has 4 heterocycles. The zero-order valence-corrected chi connectivity index (χ0v) is 19.4. The van der Waals surface area contributed by atoms with Crippen LogP contribution in [0.4, 0.5) is 5.82 Å². The fourth-order valence-electron chi connectivity index (χ4n) is 4.51. The van der Waals surface area contributed by atoms with Gasteiger partial charge < -0.3 is 0 Å². The summed E-state index contributed by atoms with van der Waals surface area (Å²) in [5, 5.41) is 4.38. The number of aromatic nitrogens is 4. The molecule has 2 aromatic heterocycles. The second kappa shape index (κ2) is 8.31. The summed E-state index contributed by atoms with van der Waals surface area (Å²) in [6, 6.07) is -0.456. The van der Waals surface area contributed by atoms with Gasteiger partial charge in [-0.1, -0.05) is 13.3 Å². The minimum atomic E-state index is -3.76. The third-order valence-corrected chi connectivity index (χ3v) is 8.19. The van der Waals surface area contributed by atoms with E-state index in [1.165, 1.54) is 4.31 Å². The van der Waals surface area contributed by atoms with Crippen LogP contribution in [0.1, 0.15) is 67.8 Å². The van der Waals surface area contributed by atoms with Gasteiger partial charge in [0.25, 0.3) is 0 Å². The Morgan fingerprint density at radius 2 is 1.90 bits per heavy atom. The molecule has 1 atom stereocenters. The van der Waals surface area contributed by atoms with E-state index >= 15 is 0 Å². The van der Waals surface area contributed by atoms with Crippen molar-refractivity contribution >= 4 is 21.7 Å². The molecule has 1 amide bonds. The molecular weight excluding hydrogens is 416 g/mol. The zero-order valence-electron chi connectivity index (χ0n) is 18.6. The molecule has 0 aromatic carbocycles. The smallest absolute Gasteiger partial charge is 0.247 e. The number of fused-ring (bicyclic) bond motifs is 1. The van der Waals surface area contributed by atoms with Crippen LogP contribution in [0.25, 0.3) is 0 Å². The van der Waals surface area contributed by atoms with Gasteiger partial charge in [0, 0.05) is 44.0 Å². The van der Waals surface area contributed by atoms with Gasteiger partial charge in [0.15, 0.2) is 0 Å². The predicted octanol–water partition coefficient (Wildman–Crippen LogP) is 2.52. The number of aryl methyl sites for hydroxylation is 3. The third kappa shape index (κ3) is 3.87. The number of nitrogens with zero attached hydrogens (tertiary/aromatic N) is 6. The maximum atomic E-state index is 13.7. The number of rotatable bonds is 5. The number of hydrogen-bond donors (Lipinski definition) is 0. The number of carbonyl (C=O) groups excluding carboxylic acids is 1. The summed E-state index contributed by atoms with van der Waals surface area (Å²) in [5.74, 6) is 1.09. The SMILES string of the molecule is CCCn1cc(S(=O)(=O)N2CCCCC2c2nc(C)c3c(n2)N(C)C(=O)CC3)c(C)n1. The van der Waals surface area contributed by atoms with Gasteiger partial charge in [-0.2, -0.15) is 9.40 Å². The average molecular weight is 447 g/mol. The normalized spacial score (nSPS) is 20.2. The maximum Gasteiger partial charge on any atom is 0.247 e. The monoisotopic (exact) mass is 446 g/mol. The Hall–Kier alpha value is -2.33. The Balaban J connectivity index is 1.75. The number of sulfonamides is 1. The molecule has 0 saturated carbocycles. The molecule has 168 valence electrons. The van der Waals surface area contributed by atoms with Gasteiger partial charge in [0.2, 0.25) is 15.9 Å². The minimum absolute atomic E-state index is 0.0173. The van der Waals surface area contributed by atoms with Crippen molar-refractivity contribution in [3.8, 4) is 0 Å².